The van der Waals surface area contributed by atoms with E-state index >= 15 is 0 Å². The van der Waals surface area contributed by atoms with E-state index in [4.69, 9.17) is 0 Å². The van der Waals surface area contributed by atoms with E-state index in [1.54, 1.807) is 11.8 Å². The first-order valence-corrected chi connectivity index (χ1v) is 10.5. The third-order valence-corrected chi connectivity index (χ3v) is 6.00. The van der Waals surface area contributed by atoms with Crippen LogP contribution in [0.5, 0.6) is 0 Å². The molecule has 0 saturated carbocycles. The summed E-state index contributed by atoms with van der Waals surface area (Å²) < 4.78 is 0. The smallest absolute Gasteiger partial charge is 0.237 e. The summed E-state index contributed by atoms with van der Waals surface area (Å²) in [4.78, 5) is 16.5. The highest BCUT2D eigenvalue weighted by Gasteiger charge is 2.21. The number of amides is 1. The van der Waals surface area contributed by atoms with E-state index < -0.39 is 0 Å². The molecule has 0 aromatic heterocycles. The number of carbonyl (C=O) groups excluding carboxylic acids is 1. The Morgan fingerprint density at radius 2 is 1.62 bits per heavy atom. The van der Waals surface area contributed by atoms with Crippen molar-refractivity contribution in [1.82, 2.24) is 10.2 Å². The van der Waals surface area contributed by atoms with Crippen LogP contribution in [0.3, 0.4) is 0 Å². The van der Waals surface area contributed by atoms with E-state index in [2.05, 4.69) is 22.3 Å². The molecule has 26 heavy (non-hydrogen) atoms. The van der Waals surface area contributed by atoms with Gasteiger partial charge in [-0.05, 0) is 56.6 Å². The van der Waals surface area contributed by atoms with E-state index in [0.29, 0.717) is 0 Å². The van der Waals surface area contributed by atoms with Crippen LogP contribution in [0.15, 0.2) is 65.6 Å². The number of piperidine rings is 1. The summed E-state index contributed by atoms with van der Waals surface area (Å²) in [6, 6.07) is 20.2. The topological polar surface area (TPSA) is 32.3 Å². The summed E-state index contributed by atoms with van der Waals surface area (Å²) in [6.45, 7) is 4.25. The summed E-state index contributed by atoms with van der Waals surface area (Å²) in [5.74, 6) is 0.101. The van der Waals surface area contributed by atoms with Crippen molar-refractivity contribution >= 4 is 17.7 Å². The van der Waals surface area contributed by atoms with Crippen LogP contribution in [0.1, 0.15) is 36.5 Å². The molecule has 1 unspecified atom stereocenters. The summed E-state index contributed by atoms with van der Waals surface area (Å²) in [6.07, 6.45) is 5.01. The van der Waals surface area contributed by atoms with Crippen molar-refractivity contribution in [2.24, 2.45) is 0 Å². The maximum Gasteiger partial charge on any atom is 0.237 e. The zero-order valence-electron chi connectivity index (χ0n) is 15.3. The lowest BCUT2D eigenvalue weighted by Gasteiger charge is -2.26. The normalized spacial score (nSPS) is 16.2. The van der Waals surface area contributed by atoms with E-state index in [9.17, 15) is 4.79 Å². The Morgan fingerprint density at radius 3 is 2.31 bits per heavy atom. The average Bonchev–Trinajstić information content (AvgIpc) is 2.71. The molecule has 1 aliphatic heterocycles. The molecule has 2 aromatic rings. The van der Waals surface area contributed by atoms with Crippen molar-refractivity contribution in [2.75, 3.05) is 26.2 Å². The number of thioether (sulfide) groups is 1. The first-order valence-electron chi connectivity index (χ1n) is 9.59. The second-order valence-corrected chi connectivity index (χ2v) is 7.95. The lowest BCUT2D eigenvalue weighted by Crippen LogP contribution is -2.34. The molecule has 138 valence electrons. The summed E-state index contributed by atoms with van der Waals surface area (Å²) in [7, 11) is 0. The second-order valence-electron chi connectivity index (χ2n) is 6.77. The Hall–Kier alpha value is -1.78. The first-order chi connectivity index (χ1) is 12.8. The van der Waals surface area contributed by atoms with Gasteiger partial charge in [0.05, 0.1) is 0 Å². The van der Waals surface area contributed by atoms with Crippen LogP contribution in [0.4, 0.5) is 0 Å². The molecule has 3 rings (SSSR count). The van der Waals surface area contributed by atoms with Crippen LogP contribution in [0, 0.1) is 0 Å². The van der Waals surface area contributed by atoms with E-state index in [0.717, 1.165) is 30.0 Å². The Kier molecular flexibility index (Phi) is 7.59. The molecule has 0 spiro atoms. The number of nitrogens with one attached hydrogen (secondary N) is 1. The van der Waals surface area contributed by atoms with E-state index in [1.165, 1.54) is 32.4 Å². The molecule has 0 bridgehead atoms. The van der Waals surface area contributed by atoms with Crippen LogP contribution < -0.4 is 5.32 Å². The van der Waals surface area contributed by atoms with Gasteiger partial charge in [0.25, 0.3) is 0 Å². The molecule has 1 aliphatic rings. The van der Waals surface area contributed by atoms with Gasteiger partial charge in [0.2, 0.25) is 5.91 Å². The van der Waals surface area contributed by atoms with Gasteiger partial charge in [0.1, 0.15) is 5.25 Å². The van der Waals surface area contributed by atoms with E-state index in [-0.39, 0.29) is 11.2 Å². The Labute approximate surface area is 161 Å². The molecule has 1 saturated heterocycles. The van der Waals surface area contributed by atoms with Gasteiger partial charge in [-0.1, -0.05) is 55.0 Å². The van der Waals surface area contributed by atoms with Crippen molar-refractivity contribution in [1.29, 1.82) is 0 Å². The monoisotopic (exact) mass is 368 g/mol. The highest BCUT2D eigenvalue weighted by atomic mass is 32.2. The van der Waals surface area contributed by atoms with Crippen molar-refractivity contribution in [3.05, 3.63) is 66.2 Å². The average molecular weight is 369 g/mol. The van der Waals surface area contributed by atoms with E-state index in [1.807, 2.05) is 48.5 Å². The largest absolute Gasteiger partial charge is 0.355 e. The van der Waals surface area contributed by atoms with Crippen molar-refractivity contribution in [2.45, 2.75) is 35.8 Å². The maximum absolute atomic E-state index is 12.9. The number of hydrogen-bond acceptors (Lipinski definition) is 3. The third kappa shape index (κ3) is 5.89. The Bertz CT molecular complexity index is 656. The first kappa shape index (κ1) is 19.0. The lowest BCUT2D eigenvalue weighted by atomic mass is 10.1. The minimum absolute atomic E-state index is 0.101. The van der Waals surface area contributed by atoms with Crippen molar-refractivity contribution in [3.8, 4) is 0 Å². The summed E-state index contributed by atoms with van der Waals surface area (Å²) in [5, 5.41) is 2.94. The summed E-state index contributed by atoms with van der Waals surface area (Å²) in [5.41, 5.74) is 1.05. The molecule has 0 radical (unpaired) electrons. The standard InChI is InChI=1S/C22H28N2OS/c25-22(23-15-10-18-24-16-8-3-9-17-24)21(19-11-4-1-5-12-19)26-20-13-6-2-7-14-20/h1-2,4-7,11-14,21H,3,8-10,15-18H2,(H,23,25). The minimum Gasteiger partial charge on any atom is -0.355 e. The van der Waals surface area contributed by atoms with Gasteiger partial charge >= 0.3 is 0 Å². The van der Waals surface area contributed by atoms with Gasteiger partial charge in [-0.3, -0.25) is 4.79 Å². The molecule has 1 N–H and O–H groups in total. The number of carbonyl (C=O) groups is 1. The van der Waals surface area contributed by atoms with Crippen LogP contribution >= 0.6 is 11.8 Å². The lowest BCUT2D eigenvalue weighted by molar-refractivity contribution is -0.120. The van der Waals surface area contributed by atoms with Gasteiger partial charge in [-0.15, -0.1) is 11.8 Å². The Morgan fingerprint density at radius 1 is 0.962 bits per heavy atom. The predicted octanol–water partition coefficient (Wildman–Crippen LogP) is 4.51. The van der Waals surface area contributed by atoms with Crippen molar-refractivity contribution in [3.63, 3.8) is 0 Å². The van der Waals surface area contributed by atoms with Crippen LogP contribution in [-0.2, 0) is 4.79 Å². The Balaban J connectivity index is 1.54. The van der Waals surface area contributed by atoms with Gasteiger partial charge < -0.3 is 10.2 Å². The van der Waals surface area contributed by atoms with Gasteiger partial charge in [-0.2, -0.15) is 0 Å². The highest BCUT2D eigenvalue weighted by Crippen LogP contribution is 2.35. The molecule has 1 amide bonds. The molecule has 2 aromatic carbocycles. The van der Waals surface area contributed by atoms with Crippen LogP contribution in [0.2, 0.25) is 0 Å². The van der Waals surface area contributed by atoms with Gasteiger partial charge in [0.15, 0.2) is 0 Å². The summed E-state index contributed by atoms with van der Waals surface area (Å²) >= 11 is 1.61. The zero-order valence-corrected chi connectivity index (χ0v) is 16.1. The fourth-order valence-electron chi connectivity index (χ4n) is 3.33. The van der Waals surface area contributed by atoms with Gasteiger partial charge in [0, 0.05) is 11.4 Å². The number of likely N-dealkylation sites (tertiary alicyclic amines) is 1. The molecular weight excluding hydrogens is 340 g/mol. The second kappa shape index (κ2) is 10.4. The number of hydrogen-bond donors (Lipinski definition) is 1. The quantitative estimate of drug-likeness (QED) is 0.549. The fourth-order valence-corrected chi connectivity index (χ4v) is 4.40. The molecule has 0 aliphatic carbocycles. The van der Waals surface area contributed by atoms with Gasteiger partial charge in [-0.25, -0.2) is 0 Å². The maximum atomic E-state index is 12.9. The van der Waals surface area contributed by atoms with Crippen LogP contribution in [-0.4, -0.2) is 37.0 Å². The molecule has 4 heteroatoms. The fraction of sp³-hybridized carbons (Fsp3) is 0.409. The number of rotatable bonds is 8. The third-order valence-electron chi connectivity index (χ3n) is 4.74. The van der Waals surface area contributed by atoms with Crippen molar-refractivity contribution < 1.29 is 4.79 Å². The molecule has 1 fully saturated rings. The minimum atomic E-state index is -0.214. The number of nitrogens with zero attached hydrogens (tertiary/aromatic N) is 1. The molecule has 3 nitrogen and oxygen atoms in total. The zero-order chi connectivity index (χ0) is 18.0. The SMILES string of the molecule is O=C(NCCCN1CCCCC1)C(Sc1ccccc1)c1ccccc1. The molecular formula is C22H28N2OS. The molecule has 1 heterocycles. The van der Waals surface area contributed by atoms with Crippen LogP contribution in [0.25, 0.3) is 0 Å². The molecule has 1 atom stereocenters. The predicted molar refractivity (Wildman–Crippen MR) is 109 cm³/mol. The highest BCUT2D eigenvalue weighted by molar-refractivity contribution is 8.00. The number of benzene rings is 2.